The van der Waals surface area contributed by atoms with Crippen LogP contribution in [0.2, 0.25) is 5.02 Å². The van der Waals surface area contributed by atoms with E-state index in [-0.39, 0.29) is 24.7 Å². The smallest absolute Gasteiger partial charge is 0.330 e. The molecule has 2 aromatic rings. The number of methoxy groups -OCH3 is 1. The van der Waals surface area contributed by atoms with Gasteiger partial charge in [0.15, 0.2) is 5.69 Å². The number of nitrogens with zero attached hydrogens (tertiary/aromatic N) is 2. The van der Waals surface area contributed by atoms with Crippen LogP contribution >= 0.6 is 11.6 Å². The van der Waals surface area contributed by atoms with Crippen molar-refractivity contribution >= 4 is 35.1 Å². The van der Waals surface area contributed by atoms with Gasteiger partial charge in [0.25, 0.3) is 11.5 Å². The molecule has 1 amide bonds. The van der Waals surface area contributed by atoms with E-state index in [1.165, 1.54) is 22.7 Å². The molecular weight excluding hydrogens is 384 g/mol. The number of aromatic amines is 1. The molecule has 1 aromatic heterocycles. The van der Waals surface area contributed by atoms with Crippen molar-refractivity contribution in [2.24, 2.45) is 0 Å². The average Bonchev–Trinajstić information content (AvgIpc) is 2.65. The highest BCUT2D eigenvalue weighted by molar-refractivity contribution is 6.30. The molecule has 0 saturated carbocycles. The number of anilines is 2. The summed E-state index contributed by atoms with van der Waals surface area (Å²) in [6.45, 7) is 2.46. The van der Waals surface area contributed by atoms with Crippen molar-refractivity contribution in [3.63, 3.8) is 0 Å². The summed E-state index contributed by atoms with van der Waals surface area (Å²) in [5, 5.41) is 0.540. The third kappa shape index (κ3) is 5.11. The third-order valence-corrected chi connectivity index (χ3v) is 4.22. The van der Waals surface area contributed by atoms with Crippen molar-refractivity contribution in [3.8, 4) is 0 Å². The molecular formula is C19H23ClN4O4. The monoisotopic (exact) mass is 406 g/mol. The number of nitrogens with two attached hydrogens (primary N) is 1. The lowest BCUT2D eigenvalue weighted by Crippen LogP contribution is -2.42. The lowest BCUT2D eigenvalue weighted by atomic mass is 10.2. The molecule has 8 nitrogen and oxygen atoms in total. The third-order valence-electron chi connectivity index (χ3n) is 3.98. The summed E-state index contributed by atoms with van der Waals surface area (Å²) in [5.74, 6) is -0.535. The van der Waals surface area contributed by atoms with Crippen LogP contribution in [0.1, 0.15) is 18.9 Å². The Morgan fingerprint density at radius 2 is 2.14 bits per heavy atom. The summed E-state index contributed by atoms with van der Waals surface area (Å²) in [7, 11) is 1.48. The van der Waals surface area contributed by atoms with Crippen molar-refractivity contribution in [2.45, 2.75) is 19.9 Å². The Morgan fingerprint density at radius 3 is 2.79 bits per heavy atom. The molecule has 3 N–H and O–H groups in total. The van der Waals surface area contributed by atoms with E-state index < -0.39 is 17.2 Å². The molecule has 0 saturated heterocycles. The molecule has 0 unspecified atom stereocenters. The highest BCUT2D eigenvalue weighted by atomic mass is 35.5. The summed E-state index contributed by atoms with van der Waals surface area (Å²) >= 11 is 5.95. The molecule has 150 valence electrons. The summed E-state index contributed by atoms with van der Waals surface area (Å²) in [4.78, 5) is 40.7. The number of benzene rings is 1. The molecule has 28 heavy (non-hydrogen) atoms. The predicted molar refractivity (Wildman–Crippen MR) is 111 cm³/mol. The molecule has 0 aliphatic carbocycles. The van der Waals surface area contributed by atoms with Crippen molar-refractivity contribution in [1.82, 2.24) is 9.55 Å². The van der Waals surface area contributed by atoms with Crippen molar-refractivity contribution in [3.05, 3.63) is 61.8 Å². The summed E-state index contributed by atoms with van der Waals surface area (Å²) in [6, 6.07) is 6.98. The summed E-state index contributed by atoms with van der Waals surface area (Å²) < 4.78 is 6.29. The molecule has 0 aliphatic rings. The normalized spacial score (nSPS) is 11.1. The quantitative estimate of drug-likeness (QED) is 0.650. The van der Waals surface area contributed by atoms with Gasteiger partial charge in [-0.2, -0.15) is 0 Å². The number of hydrogen-bond acceptors (Lipinski definition) is 5. The van der Waals surface area contributed by atoms with Gasteiger partial charge < -0.3 is 10.5 Å². The van der Waals surface area contributed by atoms with Gasteiger partial charge in [0.1, 0.15) is 5.82 Å². The van der Waals surface area contributed by atoms with E-state index in [0.717, 1.165) is 5.56 Å². The second-order valence-electron chi connectivity index (χ2n) is 6.02. The second-order valence-corrected chi connectivity index (χ2v) is 6.45. The van der Waals surface area contributed by atoms with Crippen LogP contribution < -0.4 is 21.9 Å². The van der Waals surface area contributed by atoms with Crippen LogP contribution in [0.3, 0.4) is 0 Å². The van der Waals surface area contributed by atoms with E-state index >= 15 is 0 Å². The van der Waals surface area contributed by atoms with E-state index in [1.54, 1.807) is 30.3 Å². The summed E-state index contributed by atoms with van der Waals surface area (Å²) in [6.07, 6.45) is 3.53. The molecule has 0 spiro atoms. The molecule has 1 aromatic carbocycles. The fourth-order valence-corrected chi connectivity index (χ4v) is 2.87. The van der Waals surface area contributed by atoms with Gasteiger partial charge in [0.2, 0.25) is 0 Å². The van der Waals surface area contributed by atoms with Crippen LogP contribution in [0.5, 0.6) is 0 Å². The number of ether oxygens (including phenoxy) is 1. The van der Waals surface area contributed by atoms with Crippen LogP contribution in [0.25, 0.3) is 6.08 Å². The number of aromatic nitrogens is 2. The number of halogens is 1. The molecule has 1 heterocycles. The zero-order valence-corrected chi connectivity index (χ0v) is 16.5. The first-order chi connectivity index (χ1) is 13.4. The largest absolute Gasteiger partial charge is 0.383 e. The maximum absolute atomic E-state index is 12.8. The number of carbonyl (C=O) groups is 1. The van der Waals surface area contributed by atoms with Crippen molar-refractivity contribution in [2.75, 3.05) is 30.9 Å². The number of nitrogens with one attached hydrogen (secondary N) is 1. The minimum atomic E-state index is -0.726. The van der Waals surface area contributed by atoms with E-state index in [2.05, 4.69) is 4.98 Å². The lowest BCUT2D eigenvalue weighted by molar-refractivity contribution is -0.114. The molecule has 0 atom stereocenters. The van der Waals surface area contributed by atoms with Gasteiger partial charge in [-0.1, -0.05) is 30.7 Å². The van der Waals surface area contributed by atoms with Crippen LogP contribution in [-0.4, -0.2) is 35.7 Å². The van der Waals surface area contributed by atoms with E-state index in [4.69, 9.17) is 22.1 Å². The lowest BCUT2D eigenvalue weighted by Gasteiger charge is -2.23. The van der Waals surface area contributed by atoms with Crippen LogP contribution in [0, 0.1) is 0 Å². The van der Waals surface area contributed by atoms with Gasteiger partial charge in [0.05, 0.1) is 6.61 Å². The van der Waals surface area contributed by atoms with Gasteiger partial charge in [0, 0.05) is 31.3 Å². The van der Waals surface area contributed by atoms with Crippen LogP contribution in [-0.2, 0) is 16.1 Å². The van der Waals surface area contributed by atoms with Gasteiger partial charge >= 0.3 is 5.69 Å². The van der Waals surface area contributed by atoms with Gasteiger partial charge in [-0.3, -0.25) is 24.0 Å². The fraction of sp³-hybridized carbons (Fsp3) is 0.316. The van der Waals surface area contributed by atoms with Crippen molar-refractivity contribution < 1.29 is 9.53 Å². The average molecular weight is 407 g/mol. The Labute approximate surface area is 167 Å². The maximum atomic E-state index is 12.8. The van der Waals surface area contributed by atoms with E-state index in [0.29, 0.717) is 18.0 Å². The number of H-pyrrole nitrogens is 1. The minimum absolute atomic E-state index is 0.0591. The second kappa shape index (κ2) is 9.91. The molecule has 0 aliphatic heterocycles. The first-order valence-electron chi connectivity index (χ1n) is 8.75. The minimum Gasteiger partial charge on any atom is -0.383 e. The number of hydrogen-bond donors (Lipinski definition) is 2. The SMILES string of the molecule is CCCn1c(N)c(N(CCOC)C(=O)/C=C/c2cccc(Cl)c2)c(=O)[nH]c1=O. The molecule has 0 bridgehead atoms. The fourth-order valence-electron chi connectivity index (χ4n) is 2.67. The number of nitrogen functional groups attached to an aromatic ring is 1. The van der Waals surface area contributed by atoms with E-state index in [9.17, 15) is 14.4 Å². The Morgan fingerprint density at radius 1 is 1.39 bits per heavy atom. The Hall–Kier alpha value is -2.84. The molecule has 9 heteroatoms. The molecule has 2 rings (SSSR count). The first kappa shape index (κ1) is 21.5. The van der Waals surface area contributed by atoms with Gasteiger partial charge in [-0.05, 0) is 30.2 Å². The topological polar surface area (TPSA) is 110 Å². The standard InChI is InChI=1S/C19H23ClN4O4/c1-3-9-24-17(21)16(18(26)22-19(24)27)23(10-11-28-2)15(25)8-7-13-5-4-6-14(20)12-13/h4-8,12H,3,9-11,21H2,1-2H3,(H,22,26,27)/b8-7+. The Kier molecular flexibility index (Phi) is 7.60. The number of carbonyl (C=O) groups excluding carboxylic acids is 1. The van der Waals surface area contributed by atoms with Crippen LogP contribution in [0.4, 0.5) is 11.5 Å². The van der Waals surface area contributed by atoms with Crippen molar-refractivity contribution in [1.29, 1.82) is 0 Å². The van der Waals surface area contributed by atoms with Gasteiger partial charge in [-0.25, -0.2) is 4.79 Å². The Bertz CT molecular complexity index is 981. The van der Waals surface area contributed by atoms with Gasteiger partial charge in [-0.15, -0.1) is 0 Å². The van der Waals surface area contributed by atoms with E-state index in [1.807, 2.05) is 6.92 Å². The maximum Gasteiger partial charge on any atom is 0.330 e. The highest BCUT2D eigenvalue weighted by Gasteiger charge is 2.22. The van der Waals surface area contributed by atoms with Crippen LogP contribution in [0.15, 0.2) is 39.9 Å². The molecule has 0 fully saturated rings. The highest BCUT2D eigenvalue weighted by Crippen LogP contribution is 2.18. The number of rotatable bonds is 8. The molecule has 0 radical (unpaired) electrons. The predicted octanol–water partition coefficient (Wildman–Crippen LogP) is 1.88. The zero-order chi connectivity index (χ0) is 20.7. The number of amides is 1. The zero-order valence-electron chi connectivity index (χ0n) is 15.8. The first-order valence-corrected chi connectivity index (χ1v) is 9.13. The Balaban J connectivity index is 2.46. The summed E-state index contributed by atoms with van der Waals surface area (Å²) in [5.41, 5.74) is 5.39.